The first-order chi connectivity index (χ1) is 12.4. The number of aromatic nitrogens is 4. The van der Waals surface area contributed by atoms with Gasteiger partial charge in [0.05, 0.1) is 6.54 Å². The van der Waals surface area contributed by atoms with Gasteiger partial charge in [-0.05, 0) is 33.0 Å². The molecule has 1 amide bonds. The Kier molecular flexibility index (Phi) is 5.25. The van der Waals surface area contributed by atoms with Crippen LogP contribution in [0, 0.1) is 10.1 Å². The molecule has 0 fully saturated rings. The highest BCUT2D eigenvalue weighted by Gasteiger charge is 2.25. The molecule has 3 rings (SSSR count). The van der Waals surface area contributed by atoms with E-state index in [0.29, 0.717) is 22.2 Å². The van der Waals surface area contributed by atoms with Crippen molar-refractivity contribution in [3.05, 3.63) is 66.4 Å². The van der Waals surface area contributed by atoms with Gasteiger partial charge in [-0.3, -0.25) is 9.48 Å². The Hall–Kier alpha value is -2.43. The summed E-state index contributed by atoms with van der Waals surface area (Å²) in [5, 5.41) is 24.3. The second-order valence-corrected chi connectivity index (χ2v) is 6.65. The predicted octanol–water partition coefficient (Wildman–Crippen LogP) is 3.88. The third kappa shape index (κ3) is 3.71. The standard InChI is InChI=1S/C14H9BrCl2N6O3/c15-11-12(19-20-13(11)23(25)26)14(24)18-10-4-5-22(21-10)6-7-8(16)2-1-3-9(7)17/h1-5H,6H2,(H,19,20)(H,18,21,24). The topological polar surface area (TPSA) is 119 Å². The first-order valence-corrected chi connectivity index (χ1v) is 8.57. The minimum atomic E-state index is -0.685. The Bertz CT molecular complexity index is 982. The van der Waals surface area contributed by atoms with Gasteiger partial charge in [-0.2, -0.15) is 5.10 Å². The molecule has 3 aromatic rings. The number of aromatic amines is 1. The van der Waals surface area contributed by atoms with Gasteiger partial charge in [0.1, 0.15) is 4.47 Å². The van der Waals surface area contributed by atoms with E-state index in [1.165, 1.54) is 0 Å². The number of halogens is 3. The lowest BCUT2D eigenvalue weighted by Gasteiger charge is -2.06. The molecule has 0 saturated heterocycles. The molecule has 0 radical (unpaired) electrons. The lowest BCUT2D eigenvalue weighted by molar-refractivity contribution is -0.390. The SMILES string of the molecule is O=C(Nc1ccn(Cc2c(Cl)cccc2Cl)n1)c1n[nH]c([N+](=O)[O-])c1Br. The van der Waals surface area contributed by atoms with Gasteiger partial charge < -0.3 is 15.4 Å². The molecule has 0 aliphatic carbocycles. The van der Waals surface area contributed by atoms with Gasteiger partial charge in [-0.1, -0.05) is 34.4 Å². The van der Waals surface area contributed by atoms with Gasteiger partial charge in [0, 0.05) is 27.9 Å². The Balaban J connectivity index is 1.74. The van der Waals surface area contributed by atoms with E-state index in [-0.39, 0.29) is 16.0 Å². The van der Waals surface area contributed by atoms with Crippen molar-refractivity contribution in [1.82, 2.24) is 20.0 Å². The molecule has 9 nitrogen and oxygen atoms in total. The number of rotatable bonds is 5. The average molecular weight is 460 g/mol. The highest BCUT2D eigenvalue weighted by atomic mass is 79.9. The number of anilines is 1. The van der Waals surface area contributed by atoms with E-state index in [0.717, 1.165) is 0 Å². The van der Waals surface area contributed by atoms with Crippen LogP contribution in [0.5, 0.6) is 0 Å². The van der Waals surface area contributed by atoms with E-state index in [2.05, 4.69) is 36.5 Å². The summed E-state index contributed by atoms with van der Waals surface area (Å²) in [6, 6.07) is 6.75. The summed E-state index contributed by atoms with van der Waals surface area (Å²) in [6.45, 7) is 0.311. The number of carbonyl (C=O) groups excluding carboxylic acids is 1. The molecule has 134 valence electrons. The zero-order valence-electron chi connectivity index (χ0n) is 12.7. The van der Waals surface area contributed by atoms with E-state index in [1.54, 1.807) is 35.1 Å². The van der Waals surface area contributed by atoms with Crippen LogP contribution in [0.15, 0.2) is 34.9 Å². The van der Waals surface area contributed by atoms with Crippen molar-refractivity contribution in [2.24, 2.45) is 0 Å². The van der Waals surface area contributed by atoms with Crippen molar-refractivity contribution >= 4 is 56.7 Å². The highest BCUT2D eigenvalue weighted by molar-refractivity contribution is 9.10. The Morgan fingerprint density at radius 2 is 2.04 bits per heavy atom. The van der Waals surface area contributed by atoms with Crippen molar-refractivity contribution < 1.29 is 9.72 Å². The van der Waals surface area contributed by atoms with E-state index >= 15 is 0 Å². The number of benzene rings is 1. The fraction of sp³-hybridized carbons (Fsp3) is 0.0714. The number of nitrogens with one attached hydrogen (secondary N) is 2. The normalized spacial score (nSPS) is 10.7. The molecule has 2 aromatic heterocycles. The van der Waals surface area contributed by atoms with Crippen molar-refractivity contribution in [3.63, 3.8) is 0 Å². The molecule has 2 heterocycles. The highest BCUT2D eigenvalue weighted by Crippen LogP contribution is 2.27. The fourth-order valence-corrected chi connectivity index (χ4v) is 3.15. The zero-order valence-corrected chi connectivity index (χ0v) is 15.8. The number of hydrogen-bond acceptors (Lipinski definition) is 5. The Morgan fingerprint density at radius 3 is 2.65 bits per heavy atom. The number of carbonyl (C=O) groups is 1. The van der Waals surface area contributed by atoms with Crippen molar-refractivity contribution in [2.75, 3.05) is 5.32 Å². The molecule has 0 spiro atoms. The van der Waals surface area contributed by atoms with Gasteiger partial charge in [0.2, 0.25) is 0 Å². The molecule has 2 N–H and O–H groups in total. The number of nitrogens with zero attached hydrogens (tertiary/aromatic N) is 4. The van der Waals surface area contributed by atoms with Crippen LogP contribution in [0.3, 0.4) is 0 Å². The Morgan fingerprint density at radius 1 is 1.35 bits per heavy atom. The molecule has 26 heavy (non-hydrogen) atoms. The summed E-state index contributed by atoms with van der Waals surface area (Å²) in [5.74, 6) is -0.813. The van der Waals surface area contributed by atoms with Crippen LogP contribution in [0.2, 0.25) is 10.0 Å². The summed E-state index contributed by atoms with van der Waals surface area (Å²) in [5.41, 5.74) is 0.544. The third-order valence-corrected chi connectivity index (χ3v) is 4.81. The molecular formula is C14H9BrCl2N6O3. The maximum Gasteiger partial charge on any atom is 0.357 e. The van der Waals surface area contributed by atoms with Crippen LogP contribution >= 0.6 is 39.1 Å². The molecular weight excluding hydrogens is 451 g/mol. The molecule has 1 aromatic carbocycles. The maximum atomic E-state index is 12.2. The van der Waals surface area contributed by atoms with Gasteiger partial charge in [-0.25, -0.2) is 0 Å². The van der Waals surface area contributed by atoms with Crippen LogP contribution in [0.1, 0.15) is 16.1 Å². The van der Waals surface area contributed by atoms with Gasteiger partial charge in [-0.15, -0.1) is 5.10 Å². The minimum absolute atomic E-state index is 0.0396. The number of H-pyrrole nitrogens is 1. The van der Waals surface area contributed by atoms with Gasteiger partial charge in [0.15, 0.2) is 11.5 Å². The quantitative estimate of drug-likeness (QED) is 0.443. The number of hydrogen-bond donors (Lipinski definition) is 2. The van der Waals surface area contributed by atoms with Crippen LogP contribution < -0.4 is 5.32 Å². The molecule has 0 unspecified atom stereocenters. The Labute approximate surface area is 164 Å². The van der Waals surface area contributed by atoms with Crippen LogP contribution in [-0.2, 0) is 6.54 Å². The van der Waals surface area contributed by atoms with Gasteiger partial charge in [0.25, 0.3) is 5.91 Å². The summed E-state index contributed by atoms with van der Waals surface area (Å²) >= 11 is 15.2. The summed E-state index contributed by atoms with van der Waals surface area (Å²) in [4.78, 5) is 22.3. The minimum Gasteiger partial charge on any atom is -0.358 e. The molecule has 0 aliphatic rings. The third-order valence-electron chi connectivity index (χ3n) is 3.35. The van der Waals surface area contributed by atoms with Crippen molar-refractivity contribution in [3.8, 4) is 0 Å². The summed E-state index contributed by atoms with van der Waals surface area (Å²) < 4.78 is 1.51. The van der Waals surface area contributed by atoms with Crippen molar-refractivity contribution in [1.29, 1.82) is 0 Å². The average Bonchev–Trinajstić information content (AvgIpc) is 3.17. The van der Waals surface area contributed by atoms with E-state index in [4.69, 9.17) is 23.2 Å². The first kappa shape index (κ1) is 18.4. The maximum absolute atomic E-state index is 12.2. The zero-order chi connectivity index (χ0) is 18.8. The van der Waals surface area contributed by atoms with E-state index in [1.807, 2.05) is 0 Å². The van der Waals surface area contributed by atoms with Crippen LogP contribution in [0.25, 0.3) is 0 Å². The predicted molar refractivity (Wildman–Crippen MR) is 98.7 cm³/mol. The van der Waals surface area contributed by atoms with E-state index < -0.39 is 16.6 Å². The number of nitro groups is 1. The monoisotopic (exact) mass is 458 g/mol. The second kappa shape index (κ2) is 7.44. The molecule has 0 aliphatic heterocycles. The van der Waals surface area contributed by atoms with Crippen molar-refractivity contribution in [2.45, 2.75) is 6.54 Å². The van der Waals surface area contributed by atoms with Crippen LogP contribution in [0.4, 0.5) is 11.6 Å². The summed E-state index contributed by atoms with van der Waals surface area (Å²) in [7, 11) is 0. The lowest BCUT2D eigenvalue weighted by atomic mass is 10.2. The molecule has 0 atom stereocenters. The molecule has 0 bridgehead atoms. The van der Waals surface area contributed by atoms with E-state index in [9.17, 15) is 14.9 Å². The van der Waals surface area contributed by atoms with Crippen LogP contribution in [-0.4, -0.2) is 30.8 Å². The lowest BCUT2D eigenvalue weighted by Crippen LogP contribution is -2.14. The summed E-state index contributed by atoms with van der Waals surface area (Å²) in [6.07, 6.45) is 1.64. The first-order valence-electron chi connectivity index (χ1n) is 7.02. The largest absolute Gasteiger partial charge is 0.358 e. The second-order valence-electron chi connectivity index (χ2n) is 5.04. The molecule has 12 heteroatoms. The molecule has 0 saturated carbocycles. The smallest absolute Gasteiger partial charge is 0.357 e. The number of amides is 1. The fourth-order valence-electron chi connectivity index (χ4n) is 2.13. The van der Waals surface area contributed by atoms with Gasteiger partial charge >= 0.3 is 5.82 Å².